The minimum absolute atomic E-state index is 0.392. The third-order valence-electron chi connectivity index (χ3n) is 5.64. The second-order valence-corrected chi connectivity index (χ2v) is 8.34. The summed E-state index contributed by atoms with van der Waals surface area (Å²) in [5.41, 5.74) is 2.15. The molecule has 31 heavy (non-hydrogen) atoms. The van der Waals surface area contributed by atoms with E-state index in [2.05, 4.69) is 15.9 Å². The Morgan fingerprint density at radius 3 is 2.13 bits per heavy atom. The minimum atomic E-state index is -0.956. The molecule has 4 aromatic carbocycles. The van der Waals surface area contributed by atoms with Crippen molar-refractivity contribution in [3.63, 3.8) is 0 Å². The molecule has 0 amide bonds. The molecule has 0 unspecified atom stereocenters. The highest BCUT2D eigenvalue weighted by Crippen LogP contribution is 2.47. The number of hydrogen-bond donors (Lipinski definition) is 0. The lowest BCUT2D eigenvalue weighted by molar-refractivity contribution is -0.133. The molecule has 0 radical (unpaired) electrons. The van der Waals surface area contributed by atoms with Crippen LogP contribution in [0.5, 0.6) is 5.75 Å². The van der Waals surface area contributed by atoms with Crippen molar-refractivity contribution in [2.75, 3.05) is 7.11 Å². The van der Waals surface area contributed by atoms with Crippen LogP contribution in [0.1, 0.15) is 16.7 Å². The van der Waals surface area contributed by atoms with Crippen LogP contribution < -0.4 is 4.74 Å². The number of ether oxygens (including phenoxy) is 2. The van der Waals surface area contributed by atoms with Crippen LogP contribution in [-0.4, -0.2) is 13.1 Å². The maximum atomic E-state index is 13.0. The molecular weight excluding hydrogens is 452 g/mol. The first kappa shape index (κ1) is 19.6. The highest BCUT2D eigenvalue weighted by molar-refractivity contribution is 9.10. The Labute approximate surface area is 189 Å². The van der Waals surface area contributed by atoms with Gasteiger partial charge in [-0.15, -0.1) is 0 Å². The molecule has 0 aromatic heterocycles. The van der Waals surface area contributed by atoms with E-state index >= 15 is 0 Å². The zero-order valence-corrected chi connectivity index (χ0v) is 18.4. The van der Waals surface area contributed by atoms with Crippen molar-refractivity contribution in [3.8, 4) is 5.75 Å². The predicted molar refractivity (Wildman–Crippen MR) is 126 cm³/mol. The molecule has 152 valence electrons. The lowest BCUT2D eigenvalue weighted by Crippen LogP contribution is -2.36. The van der Waals surface area contributed by atoms with Gasteiger partial charge >= 0.3 is 5.97 Å². The number of esters is 1. The van der Waals surface area contributed by atoms with E-state index in [-0.39, 0.29) is 0 Å². The maximum Gasteiger partial charge on any atom is 0.338 e. The number of benzene rings is 4. The van der Waals surface area contributed by atoms with E-state index in [0.29, 0.717) is 11.3 Å². The number of carbonyl (C=O) groups is 1. The van der Waals surface area contributed by atoms with Gasteiger partial charge in [0.2, 0.25) is 0 Å². The van der Waals surface area contributed by atoms with Crippen LogP contribution in [0.3, 0.4) is 0 Å². The van der Waals surface area contributed by atoms with Crippen molar-refractivity contribution < 1.29 is 14.3 Å². The lowest BCUT2D eigenvalue weighted by Gasteiger charge is -2.38. The molecular formula is C27H19BrO3. The topological polar surface area (TPSA) is 35.5 Å². The molecule has 4 aromatic rings. The summed E-state index contributed by atoms with van der Waals surface area (Å²) in [5.74, 6) is 0.252. The maximum absolute atomic E-state index is 13.0. The van der Waals surface area contributed by atoms with E-state index in [9.17, 15) is 4.79 Å². The fourth-order valence-corrected chi connectivity index (χ4v) is 4.59. The largest absolute Gasteiger partial charge is 0.473 e. The van der Waals surface area contributed by atoms with Crippen molar-refractivity contribution in [2.45, 2.75) is 5.60 Å². The molecule has 0 spiro atoms. The van der Waals surface area contributed by atoms with Crippen molar-refractivity contribution >= 4 is 38.2 Å². The third-order valence-corrected chi connectivity index (χ3v) is 6.14. The predicted octanol–water partition coefficient (Wildman–Crippen LogP) is 6.49. The van der Waals surface area contributed by atoms with Gasteiger partial charge in [0, 0.05) is 21.2 Å². The summed E-state index contributed by atoms with van der Waals surface area (Å²) in [6, 6.07) is 29.8. The molecule has 0 N–H and O–H groups in total. The summed E-state index contributed by atoms with van der Waals surface area (Å²) in [4.78, 5) is 13.0. The highest BCUT2D eigenvalue weighted by atomic mass is 79.9. The number of methoxy groups -OCH3 is 1. The van der Waals surface area contributed by atoms with Crippen LogP contribution in [0.25, 0.3) is 16.3 Å². The Balaban J connectivity index is 1.85. The molecule has 1 aliphatic heterocycles. The van der Waals surface area contributed by atoms with Gasteiger partial charge in [0.1, 0.15) is 5.75 Å². The molecule has 1 heterocycles. The summed E-state index contributed by atoms with van der Waals surface area (Å²) in [5, 5.41) is 1.95. The van der Waals surface area contributed by atoms with Gasteiger partial charge in [0.15, 0.2) is 5.60 Å². The van der Waals surface area contributed by atoms with E-state index < -0.39 is 11.6 Å². The zero-order valence-electron chi connectivity index (χ0n) is 16.8. The van der Waals surface area contributed by atoms with Gasteiger partial charge in [0.25, 0.3) is 0 Å². The van der Waals surface area contributed by atoms with Gasteiger partial charge in [-0.3, -0.25) is 0 Å². The molecule has 4 heteroatoms. The number of carbonyl (C=O) groups excluding carboxylic acids is 1. The Morgan fingerprint density at radius 2 is 1.52 bits per heavy atom. The fourth-order valence-electron chi connectivity index (χ4n) is 4.22. The first-order chi connectivity index (χ1) is 15.1. The third kappa shape index (κ3) is 3.24. The summed E-state index contributed by atoms with van der Waals surface area (Å²) in [7, 11) is 1.41. The molecule has 0 fully saturated rings. The zero-order chi connectivity index (χ0) is 21.4. The van der Waals surface area contributed by atoms with E-state index in [4.69, 9.17) is 9.47 Å². The molecule has 1 aliphatic rings. The van der Waals surface area contributed by atoms with Crippen molar-refractivity contribution in [1.82, 2.24) is 0 Å². The van der Waals surface area contributed by atoms with E-state index in [1.807, 2.05) is 97.1 Å². The van der Waals surface area contributed by atoms with Gasteiger partial charge in [-0.05, 0) is 35.0 Å². The van der Waals surface area contributed by atoms with Crippen LogP contribution in [0, 0.1) is 0 Å². The van der Waals surface area contributed by atoms with Crippen LogP contribution in [0.4, 0.5) is 0 Å². The molecule has 0 saturated carbocycles. The normalized spacial score (nSPS) is 14.3. The molecule has 0 bridgehead atoms. The first-order valence-electron chi connectivity index (χ1n) is 9.96. The second-order valence-electron chi connectivity index (χ2n) is 7.42. The smallest absolute Gasteiger partial charge is 0.338 e. The summed E-state index contributed by atoms with van der Waals surface area (Å²) < 4.78 is 12.9. The van der Waals surface area contributed by atoms with E-state index in [0.717, 1.165) is 31.9 Å². The van der Waals surface area contributed by atoms with Gasteiger partial charge in [-0.25, -0.2) is 4.79 Å². The average molecular weight is 471 g/mol. The molecule has 0 aliphatic carbocycles. The van der Waals surface area contributed by atoms with Gasteiger partial charge in [0.05, 0.1) is 12.7 Å². The first-order valence-corrected chi connectivity index (χ1v) is 10.8. The van der Waals surface area contributed by atoms with Crippen LogP contribution in [0.15, 0.2) is 102 Å². The summed E-state index contributed by atoms with van der Waals surface area (Å²) >= 11 is 3.53. The molecule has 5 rings (SSSR count). The number of rotatable bonds is 3. The second kappa shape index (κ2) is 7.71. The van der Waals surface area contributed by atoms with Gasteiger partial charge in [-0.2, -0.15) is 0 Å². The van der Waals surface area contributed by atoms with E-state index in [1.54, 1.807) is 0 Å². The Hall–Kier alpha value is -3.37. The number of hydrogen-bond acceptors (Lipinski definition) is 3. The van der Waals surface area contributed by atoms with Crippen molar-refractivity contribution in [1.29, 1.82) is 0 Å². The Morgan fingerprint density at radius 1 is 0.871 bits per heavy atom. The highest BCUT2D eigenvalue weighted by Gasteiger charge is 2.41. The summed E-state index contributed by atoms with van der Waals surface area (Å²) in [6.45, 7) is 0. The van der Waals surface area contributed by atoms with Gasteiger partial charge in [-0.1, -0.05) is 88.7 Å². The minimum Gasteiger partial charge on any atom is -0.473 e. The van der Waals surface area contributed by atoms with E-state index in [1.165, 1.54) is 7.11 Å². The van der Waals surface area contributed by atoms with Crippen LogP contribution in [0.2, 0.25) is 0 Å². The monoisotopic (exact) mass is 470 g/mol. The number of halogens is 1. The fraction of sp³-hybridized carbons (Fsp3) is 0.0741. The lowest BCUT2D eigenvalue weighted by atomic mass is 9.80. The standard InChI is InChI=1S/C27H19BrO3/c1-30-26(29)23-17-27(19-8-4-2-5-9-19,20-10-6-3-7-11-20)31-24-15-12-18-16-21(28)13-14-22(18)25(23)24/h2-17H,1H3. The summed E-state index contributed by atoms with van der Waals surface area (Å²) in [6.07, 6.45) is 1.90. The number of fused-ring (bicyclic) bond motifs is 3. The molecule has 0 saturated heterocycles. The van der Waals surface area contributed by atoms with Crippen molar-refractivity contribution in [3.05, 3.63) is 118 Å². The average Bonchev–Trinajstić information content (AvgIpc) is 2.83. The SMILES string of the molecule is COC(=O)C1=CC(c2ccccc2)(c2ccccc2)Oc2ccc3cc(Br)ccc3c21. The van der Waals surface area contributed by atoms with Gasteiger partial charge < -0.3 is 9.47 Å². The van der Waals surface area contributed by atoms with Crippen LogP contribution in [-0.2, 0) is 15.1 Å². The van der Waals surface area contributed by atoms with Crippen molar-refractivity contribution in [2.24, 2.45) is 0 Å². The Bertz CT molecular complexity index is 1270. The molecule has 3 nitrogen and oxygen atoms in total. The quantitative estimate of drug-likeness (QED) is 0.320. The van der Waals surface area contributed by atoms with Crippen LogP contribution >= 0.6 is 15.9 Å². The Kier molecular flexibility index (Phi) is 4.87. The molecule has 0 atom stereocenters.